The van der Waals surface area contributed by atoms with Crippen LogP contribution in [0.4, 0.5) is 0 Å². The molecule has 0 saturated heterocycles. The average Bonchev–Trinajstić information content (AvgIpc) is 2.55. The predicted octanol–water partition coefficient (Wildman–Crippen LogP) is 1.74. The summed E-state index contributed by atoms with van der Waals surface area (Å²) >= 11 is 0. The second-order valence-electron chi connectivity index (χ2n) is 4.47. The zero-order chi connectivity index (χ0) is 10.9. The van der Waals surface area contributed by atoms with Gasteiger partial charge in [-0.1, -0.05) is 30.7 Å². The molecular weight excluding hydrogens is 186 g/mol. The van der Waals surface area contributed by atoms with Crippen LogP contribution in [0.2, 0.25) is 0 Å². The van der Waals surface area contributed by atoms with Crippen LogP contribution in [0.15, 0.2) is 18.2 Å². The van der Waals surface area contributed by atoms with Crippen LogP contribution in [0.1, 0.15) is 30.0 Å². The minimum atomic E-state index is -0.642. The van der Waals surface area contributed by atoms with Crippen molar-refractivity contribution in [1.82, 2.24) is 5.32 Å². The Hall–Kier alpha value is -0.860. The molecule has 0 heterocycles. The van der Waals surface area contributed by atoms with Gasteiger partial charge in [-0.25, -0.2) is 0 Å². The van der Waals surface area contributed by atoms with Gasteiger partial charge in [-0.2, -0.15) is 0 Å². The predicted molar refractivity (Wildman–Crippen MR) is 61.9 cm³/mol. The van der Waals surface area contributed by atoms with Crippen LogP contribution in [0, 0.1) is 6.92 Å². The maximum atomic E-state index is 10.5. The molecule has 2 heteroatoms. The summed E-state index contributed by atoms with van der Waals surface area (Å²) in [5.41, 5.74) is 3.02. The Morgan fingerprint density at radius 3 is 3.00 bits per heavy atom. The fourth-order valence-corrected chi connectivity index (χ4v) is 2.33. The van der Waals surface area contributed by atoms with Gasteiger partial charge in [0.2, 0.25) is 0 Å². The molecule has 0 amide bonds. The van der Waals surface area contributed by atoms with Crippen molar-refractivity contribution in [3.8, 4) is 0 Å². The molecule has 1 aliphatic rings. The normalized spacial score (nSPS) is 24.2. The number of hydrogen-bond acceptors (Lipinski definition) is 2. The third kappa shape index (κ3) is 1.92. The summed E-state index contributed by atoms with van der Waals surface area (Å²) in [4.78, 5) is 0. The standard InChI is InChI=1S/C13H19NO/c1-3-14-9-13(15)7-6-11-5-4-10(2)8-12(11)13/h4-5,8,14-15H,3,6-7,9H2,1-2H3. The Balaban J connectivity index is 2.29. The topological polar surface area (TPSA) is 32.3 Å². The van der Waals surface area contributed by atoms with Crippen molar-refractivity contribution in [2.45, 2.75) is 32.3 Å². The highest BCUT2D eigenvalue weighted by molar-refractivity contribution is 5.40. The van der Waals surface area contributed by atoms with Crippen molar-refractivity contribution in [2.24, 2.45) is 0 Å². The third-order valence-corrected chi connectivity index (χ3v) is 3.24. The number of aliphatic hydroxyl groups is 1. The summed E-state index contributed by atoms with van der Waals surface area (Å²) in [6.45, 7) is 5.71. The molecule has 0 spiro atoms. The Labute approximate surface area is 91.3 Å². The van der Waals surface area contributed by atoms with Crippen LogP contribution >= 0.6 is 0 Å². The Kier molecular flexibility index (Phi) is 2.81. The van der Waals surface area contributed by atoms with Gasteiger partial charge in [0.05, 0.1) is 0 Å². The first-order valence-electron chi connectivity index (χ1n) is 5.69. The summed E-state index contributed by atoms with van der Waals surface area (Å²) in [6, 6.07) is 6.39. The van der Waals surface area contributed by atoms with Gasteiger partial charge in [0.1, 0.15) is 5.60 Å². The Bertz CT molecular complexity index is 362. The number of likely N-dealkylation sites (N-methyl/N-ethyl adjacent to an activating group) is 1. The van der Waals surface area contributed by atoms with Gasteiger partial charge in [-0.05, 0) is 37.4 Å². The zero-order valence-corrected chi connectivity index (χ0v) is 9.51. The SMILES string of the molecule is CCNCC1(O)CCc2ccc(C)cc21. The largest absolute Gasteiger partial charge is 0.384 e. The molecule has 2 nitrogen and oxygen atoms in total. The van der Waals surface area contributed by atoms with Crippen LogP contribution in [0.5, 0.6) is 0 Å². The molecule has 1 aromatic rings. The highest BCUT2D eigenvalue weighted by atomic mass is 16.3. The van der Waals surface area contributed by atoms with E-state index in [1.165, 1.54) is 11.1 Å². The molecule has 1 aromatic carbocycles. The average molecular weight is 205 g/mol. The molecule has 15 heavy (non-hydrogen) atoms. The lowest BCUT2D eigenvalue weighted by Gasteiger charge is -2.24. The van der Waals surface area contributed by atoms with E-state index in [0.717, 1.165) is 24.9 Å². The van der Waals surface area contributed by atoms with Crippen molar-refractivity contribution in [2.75, 3.05) is 13.1 Å². The summed E-state index contributed by atoms with van der Waals surface area (Å²) in [6.07, 6.45) is 1.84. The van der Waals surface area contributed by atoms with Crippen molar-refractivity contribution in [3.05, 3.63) is 34.9 Å². The lowest BCUT2D eigenvalue weighted by Crippen LogP contribution is -2.36. The number of nitrogens with one attached hydrogen (secondary N) is 1. The quantitative estimate of drug-likeness (QED) is 0.787. The summed E-state index contributed by atoms with van der Waals surface area (Å²) < 4.78 is 0. The lowest BCUT2D eigenvalue weighted by molar-refractivity contribution is 0.0393. The number of benzene rings is 1. The van der Waals surface area contributed by atoms with E-state index in [4.69, 9.17) is 0 Å². The molecule has 1 atom stereocenters. The van der Waals surface area contributed by atoms with E-state index in [2.05, 4.69) is 37.4 Å². The number of aryl methyl sites for hydroxylation is 2. The first kappa shape index (κ1) is 10.7. The summed E-state index contributed by atoms with van der Waals surface area (Å²) in [5, 5.41) is 13.8. The maximum Gasteiger partial charge on any atom is 0.103 e. The molecule has 0 saturated carbocycles. The molecule has 1 unspecified atom stereocenters. The molecule has 82 valence electrons. The fraction of sp³-hybridized carbons (Fsp3) is 0.538. The highest BCUT2D eigenvalue weighted by Crippen LogP contribution is 2.36. The maximum absolute atomic E-state index is 10.5. The second-order valence-corrected chi connectivity index (χ2v) is 4.47. The van der Waals surface area contributed by atoms with Gasteiger partial charge in [-0.3, -0.25) is 0 Å². The number of fused-ring (bicyclic) bond motifs is 1. The van der Waals surface area contributed by atoms with Crippen molar-refractivity contribution in [1.29, 1.82) is 0 Å². The van der Waals surface area contributed by atoms with E-state index in [1.54, 1.807) is 0 Å². The van der Waals surface area contributed by atoms with Crippen LogP contribution in [-0.4, -0.2) is 18.2 Å². The smallest absolute Gasteiger partial charge is 0.103 e. The van der Waals surface area contributed by atoms with E-state index in [1.807, 2.05) is 0 Å². The van der Waals surface area contributed by atoms with E-state index in [0.29, 0.717) is 6.54 Å². The molecule has 0 aromatic heterocycles. The number of hydrogen-bond donors (Lipinski definition) is 2. The summed E-state index contributed by atoms with van der Waals surface area (Å²) in [5.74, 6) is 0. The molecule has 0 radical (unpaired) electrons. The minimum Gasteiger partial charge on any atom is -0.384 e. The minimum absolute atomic E-state index is 0.642. The lowest BCUT2D eigenvalue weighted by atomic mass is 9.94. The summed E-state index contributed by atoms with van der Waals surface area (Å²) in [7, 11) is 0. The molecule has 1 aliphatic carbocycles. The monoisotopic (exact) mass is 205 g/mol. The van der Waals surface area contributed by atoms with Gasteiger partial charge in [0.15, 0.2) is 0 Å². The zero-order valence-electron chi connectivity index (χ0n) is 9.51. The first-order valence-corrected chi connectivity index (χ1v) is 5.69. The third-order valence-electron chi connectivity index (χ3n) is 3.24. The molecule has 0 fully saturated rings. The number of rotatable bonds is 3. The van der Waals surface area contributed by atoms with E-state index in [-0.39, 0.29) is 0 Å². The second kappa shape index (κ2) is 3.95. The molecule has 2 rings (SSSR count). The van der Waals surface area contributed by atoms with Gasteiger partial charge in [-0.15, -0.1) is 0 Å². The Morgan fingerprint density at radius 2 is 2.27 bits per heavy atom. The first-order chi connectivity index (χ1) is 7.15. The molecular formula is C13H19NO. The molecule has 0 aliphatic heterocycles. The fourth-order valence-electron chi connectivity index (χ4n) is 2.33. The van der Waals surface area contributed by atoms with Crippen LogP contribution in [0.3, 0.4) is 0 Å². The van der Waals surface area contributed by atoms with Crippen LogP contribution in [0.25, 0.3) is 0 Å². The van der Waals surface area contributed by atoms with Gasteiger partial charge < -0.3 is 10.4 Å². The van der Waals surface area contributed by atoms with Crippen molar-refractivity contribution >= 4 is 0 Å². The van der Waals surface area contributed by atoms with Crippen LogP contribution < -0.4 is 5.32 Å². The van der Waals surface area contributed by atoms with Crippen molar-refractivity contribution < 1.29 is 5.11 Å². The Morgan fingerprint density at radius 1 is 1.47 bits per heavy atom. The van der Waals surface area contributed by atoms with E-state index in [9.17, 15) is 5.11 Å². The molecule has 0 bridgehead atoms. The van der Waals surface area contributed by atoms with Gasteiger partial charge in [0.25, 0.3) is 0 Å². The van der Waals surface area contributed by atoms with Gasteiger partial charge >= 0.3 is 0 Å². The van der Waals surface area contributed by atoms with Gasteiger partial charge in [0, 0.05) is 6.54 Å². The van der Waals surface area contributed by atoms with E-state index < -0.39 is 5.60 Å². The molecule has 2 N–H and O–H groups in total. The van der Waals surface area contributed by atoms with E-state index >= 15 is 0 Å². The van der Waals surface area contributed by atoms with Crippen molar-refractivity contribution in [3.63, 3.8) is 0 Å². The van der Waals surface area contributed by atoms with Crippen LogP contribution in [-0.2, 0) is 12.0 Å². The highest BCUT2D eigenvalue weighted by Gasteiger charge is 2.35.